The lowest BCUT2D eigenvalue weighted by molar-refractivity contribution is 0.875. The Morgan fingerprint density at radius 2 is 1.95 bits per heavy atom. The predicted octanol–water partition coefficient (Wildman–Crippen LogP) is 3.10. The second-order valence-corrected chi connectivity index (χ2v) is 5.07. The minimum atomic E-state index is 0.655. The third-order valence-corrected chi connectivity index (χ3v) is 3.53. The van der Waals surface area contributed by atoms with Crippen LogP contribution in [0, 0.1) is 0 Å². The second kappa shape index (κ2) is 6.54. The van der Waals surface area contributed by atoms with E-state index in [1.54, 1.807) is 11.8 Å². The summed E-state index contributed by atoms with van der Waals surface area (Å²) in [5.74, 6) is 6.83. The van der Waals surface area contributed by atoms with E-state index in [9.17, 15) is 0 Å². The van der Waals surface area contributed by atoms with Gasteiger partial charge in [-0.05, 0) is 24.8 Å². The van der Waals surface area contributed by atoms with Gasteiger partial charge in [0.1, 0.15) is 5.82 Å². The van der Waals surface area contributed by atoms with Crippen LogP contribution in [-0.4, -0.2) is 16.2 Å². The number of hydrogen-bond acceptors (Lipinski definition) is 5. The van der Waals surface area contributed by atoms with Crippen molar-refractivity contribution in [2.24, 2.45) is 5.84 Å². The first-order valence-electron chi connectivity index (χ1n) is 6.25. The number of nitrogens with one attached hydrogen (secondary N) is 1. The van der Waals surface area contributed by atoms with E-state index < -0.39 is 0 Å². The van der Waals surface area contributed by atoms with Gasteiger partial charge < -0.3 is 5.43 Å². The van der Waals surface area contributed by atoms with Crippen molar-refractivity contribution in [1.82, 2.24) is 9.97 Å². The number of hydrazine groups is 1. The van der Waals surface area contributed by atoms with Gasteiger partial charge in [0.05, 0.1) is 0 Å². The quantitative estimate of drug-likeness (QED) is 0.498. The molecule has 1 aromatic heterocycles. The van der Waals surface area contributed by atoms with E-state index >= 15 is 0 Å². The molecule has 0 bridgehead atoms. The maximum Gasteiger partial charge on any atom is 0.161 e. The van der Waals surface area contributed by atoms with Crippen LogP contribution in [0.3, 0.4) is 0 Å². The molecular formula is C14H18N4S. The van der Waals surface area contributed by atoms with E-state index in [1.807, 2.05) is 18.2 Å². The average molecular weight is 274 g/mol. The van der Waals surface area contributed by atoms with Gasteiger partial charge in [0.15, 0.2) is 5.82 Å². The topological polar surface area (TPSA) is 63.8 Å². The van der Waals surface area contributed by atoms with Crippen molar-refractivity contribution in [2.75, 3.05) is 11.7 Å². The number of thioether (sulfide) groups is 1. The molecule has 0 radical (unpaired) electrons. The van der Waals surface area contributed by atoms with Crippen molar-refractivity contribution in [3.63, 3.8) is 0 Å². The molecule has 0 atom stereocenters. The first kappa shape index (κ1) is 13.8. The molecule has 0 aliphatic rings. The fourth-order valence-electron chi connectivity index (χ4n) is 1.82. The SMILES string of the molecule is CCCc1cc(NN)nc(-c2ccc(SC)cc2)n1. The molecule has 0 spiro atoms. The number of nitrogen functional groups attached to an aromatic ring is 1. The van der Waals surface area contributed by atoms with Crippen molar-refractivity contribution in [2.45, 2.75) is 24.7 Å². The van der Waals surface area contributed by atoms with E-state index in [2.05, 4.69) is 40.7 Å². The Labute approximate surface area is 117 Å². The number of aryl methyl sites for hydroxylation is 1. The highest BCUT2D eigenvalue weighted by molar-refractivity contribution is 7.98. The highest BCUT2D eigenvalue weighted by Crippen LogP contribution is 2.22. The molecule has 19 heavy (non-hydrogen) atoms. The Kier molecular flexibility index (Phi) is 4.76. The molecule has 100 valence electrons. The van der Waals surface area contributed by atoms with Gasteiger partial charge in [-0.1, -0.05) is 25.5 Å². The molecule has 2 aromatic rings. The third-order valence-electron chi connectivity index (χ3n) is 2.78. The zero-order valence-corrected chi connectivity index (χ0v) is 12.0. The van der Waals surface area contributed by atoms with Crippen LogP contribution in [0.5, 0.6) is 0 Å². The van der Waals surface area contributed by atoms with Crippen molar-refractivity contribution in [1.29, 1.82) is 0 Å². The van der Waals surface area contributed by atoms with E-state index in [4.69, 9.17) is 5.84 Å². The number of aromatic nitrogens is 2. The Morgan fingerprint density at radius 3 is 2.53 bits per heavy atom. The van der Waals surface area contributed by atoms with E-state index in [0.717, 1.165) is 24.1 Å². The number of rotatable bonds is 5. The van der Waals surface area contributed by atoms with Crippen LogP contribution < -0.4 is 11.3 Å². The lowest BCUT2D eigenvalue weighted by Crippen LogP contribution is -2.10. The Bertz CT molecular complexity index is 540. The van der Waals surface area contributed by atoms with Gasteiger partial charge in [0, 0.05) is 22.2 Å². The molecule has 0 amide bonds. The van der Waals surface area contributed by atoms with E-state index in [0.29, 0.717) is 11.6 Å². The number of hydrogen-bond donors (Lipinski definition) is 2. The summed E-state index contributed by atoms with van der Waals surface area (Å²) >= 11 is 1.72. The lowest BCUT2D eigenvalue weighted by atomic mass is 10.2. The molecule has 0 aliphatic carbocycles. The Balaban J connectivity index is 2.38. The smallest absolute Gasteiger partial charge is 0.161 e. The van der Waals surface area contributed by atoms with Crippen LogP contribution >= 0.6 is 11.8 Å². The summed E-state index contributed by atoms with van der Waals surface area (Å²) in [7, 11) is 0. The first-order valence-corrected chi connectivity index (χ1v) is 7.48. The molecular weight excluding hydrogens is 256 g/mol. The zero-order chi connectivity index (χ0) is 13.7. The molecule has 1 aromatic carbocycles. The summed E-state index contributed by atoms with van der Waals surface area (Å²) in [6.45, 7) is 2.13. The molecule has 4 nitrogen and oxygen atoms in total. The predicted molar refractivity (Wildman–Crippen MR) is 81.1 cm³/mol. The minimum Gasteiger partial charge on any atom is -0.308 e. The highest BCUT2D eigenvalue weighted by atomic mass is 32.2. The zero-order valence-electron chi connectivity index (χ0n) is 11.2. The van der Waals surface area contributed by atoms with Crippen molar-refractivity contribution < 1.29 is 0 Å². The molecule has 0 unspecified atom stereocenters. The largest absolute Gasteiger partial charge is 0.308 e. The summed E-state index contributed by atoms with van der Waals surface area (Å²) in [6.07, 6.45) is 4.03. The minimum absolute atomic E-state index is 0.655. The van der Waals surface area contributed by atoms with Gasteiger partial charge in [0.25, 0.3) is 0 Å². The third kappa shape index (κ3) is 3.45. The molecule has 5 heteroatoms. The van der Waals surface area contributed by atoms with Gasteiger partial charge in [-0.25, -0.2) is 15.8 Å². The summed E-state index contributed by atoms with van der Waals surface area (Å²) in [5, 5.41) is 0. The monoisotopic (exact) mass is 274 g/mol. The van der Waals surface area contributed by atoms with Crippen LogP contribution in [0.4, 0.5) is 5.82 Å². The van der Waals surface area contributed by atoms with E-state index in [1.165, 1.54) is 4.90 Å². The van der Waals surface area contributed by atoms with Gasteiger partial charge in [-0.2, -0.15) is 0 Å². The Hall–Kier alpha value is -1.59. The van der Waals surface area contributed by atoms with Crippen LogP contribution in [0.25, 0.3) is 11.4 Å². The molecule has 0 saturated heterocycles. The summed E-state index contributed by atoms with van der Waals surface area (Å²) in [4.78, 5) is 10.2. The molecule has 1 heterocycles. The summed E-state index contributed by atoms with van der Waals surface area (Å²) in [5.41, 5.74) is 4.62. The highest BCUT2D eigenvalue weighted by Gasteiger charge is 2.06. The second-order valence-electron chi connectivity index (χ2n) is 4.19. The Morgan fingerprint density at radius 1 is 1.21 bits per heavy atom. The number of nitrogens with zero attached hydrogens (tertiary/aromatic N) is 2. The maximum atomic E-state index is 5.46. The van der Waals surface area contributed by atoms with Crippen molar-refractivity contribution in [3.05, 3.63) is 36.0 Å². The molecule has 0 aliphatic heterocycles. The van der Waals surface area contributed by atoms with Crippen molar-refractivity contribution >= 4 is 17.6 Å². The van der Waals surface area contributed by atoms with Crippen LogP contribution in [0.15, 0.2) is 35.2 Å². The van der Waals surface area contributed by atoms with Crippen LogP contribution in [0.1, 0.15) is 19.0 Å². The number of benzene rings is 1. The molecule has 2 rings (SSSR count). The standard InChI is InChI=1S/C14H18N4S/c1-3-4-11-9-13(18-15)17-14(16-11)10-5-7-12(19-2)8-6-10/h5-9H,3-4,15H2,1-2H3,(H,16,17,18). The van der Waals surface area contributed by atoms with Crippen molar-refractivity contribution in [3.8, 4) is 11.4 Å². The lowest BCUT2D eigenvalue weighted by Gasteiger charge is -2.07. The van der Waals surface area contributed by atoms with E-state index in [-0.39, 0.29) is 0 Å². The summed E-state index contributed by atoms with van der Waals surface area (Å²) < 4.78 is 0. The fourth-order valence-corrected chi connectivity index (χ4v) is 2.23. The molecule has 0 saturated carbocycles. The maximum absolute atomic E-state index is 5.46. The number of nitrogens with two attached hydrogens (primary N) is 1. The van der Waals surface area contributed by atoms with Gasteiger partial charge in [-0.3, -0.25) is 0 Å². The van der Waals surface area contributed by atoms with Gasteiger partial charge in [0.2, 0.25) is 0 Å². The summed E-state index contributed by atoms with van der Waals surface area (Å²) in [6, 6.07) is 10.1. The van der Waals surface area contributed by atoms with Crippen LogP contribution in [0.2, 0.25) is 0 Å². The first-order chi connectivity index (χ1) is 9.26. The molecule has 3 N–H and O–H groups in total. The average Bonchev–Trinajstić information content (AvgIpc) is 2.47. The van der Waals surface area contributed by atoms with Gasteiger partial charge in [-0.15, -0.1) is 11.8 Å². The normalized spacial score (nSPS) is 10.5. The van der Waals surface area contributed by atoms with Crippen LogP contribution in [-0.2, 0) is 6.42 Å². The van der Waals surface area contributed by atoms with Gasteiger partial charge >= 0.3 is 0 Å². The molecule has 0 fully saturated rings. The fraction of sp³-hybridized carbons (Fsp3) is 0.286. The number of anilines is 1.